The molecule has 4 aromatic rings. The van der Waals surface area contributed by atoms with Gasteiger partial charge < -0.3 is 0 Å². The molecule has 0 atom stereocenters. The first kappa shape index (κ1) is 15.8. The molecule has 2 aromatic heterocycles. The number of hydrogen-bond acceptors (Lipinski definition) is 2. The highest BCUT2D eigenvalue weighted by Crippen LogP contribution is 2.29. The summed E-state index contributed by atoms with van der Waals surface area (Å²) in [6, 6.07) is 17.3. The van der Waals surface area contributed by atoms with Gasteiger partial charge in [-0.05, 0) is 46.9 Å². The minimum Gasteiger partial charge on any atom is -0.260 e. The lowest BCUT2D eigenvalue weighted by molar-refractivity contribution is 0.834. The Balaban J connectivity index is 1.86. The largest absolute Gasteiger partial charge is 0.260 e. The summed E-state index contributed by atoms with van der Waals surface area (Å²) < 4.78 is 0. The van der Waals surface area contributed by atoms with Crippen molar-refractivity contribution in [1.82, 2.24) is 9.97 Å². The first-order valence-corrected chi connectivity index (χ1v) is 8.94. The zero-order valence-corrected chi connectivity index (χ0v) is 15.0. The zero-order valence-electron chi connectivity index (χ0n) is 15.0. The lowest BCUT2D eigenvalue weighted by Crippen LogP contribution is -1.94. The van der Waals surface area contributed by atoms with Gasteiger partial charge in [0.25, 0.3) is 0 Å². The molecule has 0 N–H and O–H groups in total. The second kappa shape index (κ2) is 6.29. The molecule has 2 aromatic carbocycles. The molecule has 4 rings (SSSR count). The van der Waals surface area contributed by atoms with Crippen molar-refractivity contribution < 1.29 is 0 Å². The van der Waals surface area contributed by atoms with E-state index >= 15 is 0 Å². The third-order valence-electron chi connectivity index (χ3n) is 4.87. The Labute approximate surface area is 148 Å². The van der Waals surface area contributed by atoms with E-state index in [9.17, 15) is 0 Å². The van der Waals surface area contributed by atoms with Gasteiger partial charge in [-0.1, -0.05) is 51.1 Å². The number of aromatic nitrogens is 2. The molecule has 2 heterocycles. The van der Waals surface area contributed by atoms with Crippen molar-refractivity contribution in [3.8, 4) is 11.3 Å². The zero-order chi connectivity index (χ0) is 17.4. The van der Waals surface area contributed by atoms with Gasteiger partial charge in [0.15, 0.2) is 0 Å². The standard InChI is InChI=1S/C23H22N2/c1-4-16-6-5-7-17-13-22(25-14-21(16)17)19-8-9-20-18(12-19)10-11-24-23(20)15(2)3/h5-15H,4H2,1-3H3. The van der Waals surface area contributed by atoms with Crippen LogP contribution in [0.5, 0.6) is 0 Å². The van der Waals surface area contributed by atoms with Crippen molar-refractivity contribution >= 4 is 21.5 Å². The van der Waals surface area contributed by atoms with E-state index in [1.165, 1.54) is 27.1 Å². The predicted octanol–water partition coefficient (Wildman–Crippen LogP) is 6.14. The van der Waals surface area contributed by atoms with Crippen molar-refractivity contribution in [2.24, 2.45) is 0 Å². The van der Waals surface area contributed by atoms with Crippen LogP contribution < -0.4 is 0 Å². The van der Waals surface area contributed by atoms with Gasteiger partial charge in [0.2, 0.25) is 0 Å². The molecule has 0 saturated carbocycles. The fraction of sp³-hybridized carbons (Fsp3) is 0.217. The van der Waals surface area contributed by atoms with E-state index in [4.69, 9.17) is 4.98 Å². The lowest BCUT2D eigenvalue weighted by Gasteiger charge is -2.11. The molecule has 0 unspecified atom stereocenters. The molecule has 25 heavy (non-hydrogen) atoms. The van der Waals surface area contributed by atoms with Gasteiger partial charge in [-0.2, -0.15) is 0 Å². The number of aryl methyl sites for hydroxylation is 1. The molecule has 2 heteroatoms. The summed E-state index contributed by atoms with van der Waals surface area (Å²) in [5.74, 6) is 0.417. The molecule has 0 amide bonds. The maximum atomic E-state index is 4.73. The van der Waals surface area contributed by atoms with E-state index in [-0.39, 0.29) is 0 Å². The maximum Gasteiger partial charge on any atom is 0.0708 e. The van der Waals surface area contributed by atoms with Crippen molar-refractivity contribution in [2.75, 3.05) is 0 Å². The average Bonchev–Trinajstić information content (AvgIpc) is 2.66. The molecule has 0 aliphatic carbocycles. The Hall–Kier alpha value is -2.74. The quantitative estimate of drug-likeness (QED) is 0.452. The summed E-state index contributed by atoms with van der Waals surface area (Å²) in [6.07, 6.45) is 4.95. The third kappa shape index (κ3) is 2.78. The van der Waals surface area contributed by atoms with Crippen LogP contribution in [0.4, 0.5) is 0 Å². The highest BCUT2D eigenvalue weighted by atomic mass is 14.7. The van der Waals surface area contributed by atoms with Crippen LogP contribution in [0.3, 0.4) is 0 Å². The summed E-state index contributed by atoms with van der Waals surface area (Å²) in [5.41, 5.74) is 4.67. The van der Waals surface area contributed by atoms with Crippen LogP contribution in [-0.2, 0) is 6.42 Å². The number of rotatable bonds is 3. The average molecular weight is 326 g/mol. The number of hydrogen-bond donors (Lipinski definition) is 0. The van der Waals surface area contributed by atoms with Gasteiger partial charge in [0.05, 0.1) is 11.4 Å². The molecule has 0 spiro atoms. The Morgan fingerprint density at radius 2 is 1.72 bits per heavy atom. The molecular formula is C23H22N2. The molecule has 0 aliphatic heterocycles. The van der Waals surface area contributed by atoms with Crippen molar-refractivity contribution in [2.45, 2.75) is 33.1 Å². The molecule has 0 fully saturated rings. The Morgan fingerprint density at radius 3 is 2.52 bits per heavy atom. The SMILES string of the molecule is CCc1cccc2cc(-c3ccc4c(C(C)C)nccc4c3)ncc12. The van der Waals surface area contributed by atoms with Gasteiger partial charge in [0.1, 0.15) is 0 Å². The topological polar surface area (TPSA) is 25.8 Å². The smallest absolute Gasteiger partial charge is 0.0708 e. The molecule has 0 radical (unpaired) electrons. The van der Waals surface area contributed by atoms with E-state index in [0.717, 1.165) is 23.4 Å². The lowest BCUT2D eigenvalue weighted by atomic mass is 9.98. The number of benzene rings is 2. The van der Waals surface area contributed by atoms with E-state index in [1.807, 2.05) is 12.4 Å². The first-order valence-electron chi connectivity index (χ1n) is 8.94. The molecule has 2 nitrogen and oxygen atoms in total. The summed E-state index contributed by atoms with van der Waals surface area (Å²) >= 11 is 0. The fourth-order valence-corrected chi connectivity index (χ4v) is 3.52. The van der Waals surface area contributed by atoms with Gasteiger partial charge in [-0.15, -0.1) is 0 Å². The minimum absolute atomic E-state index is 0.417. The van der Waals surface area contributed by atoms with Crippen LogP contribution in [0.15, 0.2) is 60.9 Å². The van der Waals surface area contributed by atoms with Crippen LogP contribution in [-0.4, -0.2) is 9.97 Å². The monoisotopic (exact) mass is 326 g/mol. The fourth-order valence-electron chi connectivity index (χ4n) is 3.52. The predicted molar refractivity (Wildman–Crippen MR) is 106 cm³/mol. The number of nitrogens with zero attached hydrogens (tertiary/aromatic N) is 2. The Bertz CT molecular complexity index is 1060. The van der Waals surface area contributed by atoms with Crippen molar-refractivity contribution in [3.05, 3.63) is 72.2 Å². The maximum absolute atomic E-state index is 4.73. The Morgan fingerprint density at radius 1 is 0.880 bits per heavy atom. The van der Waals surface area contributed by atoms with Crippen LogP contribution in [0, 0.1) is 0 Å². The Kier molecular flexibility index (Phi) is 3.96. The molecule has 0 saturated heterocycles. The van der Waals surface area contributed by atoms with Gasteiger partial charge in [-0.3, -0.25) is 9.97 Å². The second-order valence-electron chi connectivity index (χ2n) is 6.85. The molecular weight excluding hydrogens is 304 g/mol. The molecule has 0 aliphatic rings. The van der Waals surface area contributed by atoms with E-state index in [1.54, 1.807) is 0 Å². The minimum atomic E-state index is 0.417. The molecule has 0 bridgehead atoms. The van der Waals surface area contributed by atoms with Crippen molar-refractivity contribution in [1.29, 1.82) is 0 Å². The van der Waals surface area contributed by atoms with Gasteiger partial charge >= 0.3 is 0 Å². The van der Waals surface area contributed by atoms with Crippen LogP contribution in [0.25, 0.3) is 32.8 Å². The third-order valence-corrected chi connectivity index (χ3v) is 4.87. The normalized spacial score (nSPS) is 11.5. The highest BCUT2D eigenvalue weighted by Gasteiger charge is 2.09. The summed E-state index contributed by atoms with van der Waals surface area (Å²) in [6.45, 7) is 6.56. The van der Waals surface area contributed by atoms with Crippen LogP contribution >= 0.6 is 0 Å². The summed E-state index contributed by atoms with van der Waals surface area (Å²) in [7, 11) is 0. The second-order valence-corrected chi connectivity index (χ2v) is 6.85. The van der Waals surface area contributed by atoms with Gasteiger partial charge in [0, 0.05) is 28.7 Å². The van der Waals surface area contributed by atoms with E-state index in [0.29, 0.717) is 5.92 Å². The number of fused-ring (bicyclic) bond motifs is 2. The summed E-state index contributed by atoms with van der Waals surface area (Å²) in [4.78, 5) is 9.29. The van der Waals surface area contributed by atoms with Gasteiger partial charge in [-0.25, -0.2) is 0 Å². The first-order chi connectivity index (χ1) is 12.2. The van der Waals surface area contributed by atoms with E-state index in [2.05, 4.69) is 74.3 Å². The molecule has 124 valence electrons. The van der Waals surface area contributed by atoms with Crippen LogP contribution in [0.2, 0.25) is 0 Å². The highest BCUT2D eigenvalue weighted by molar-refractivity contribution is 5.91. The van der Waals surface area contributed by atoms with Crippen LogP contribution in [0.1, 0.15) is 37.9 Å². The summed E-state index contributed by atoms with van der Waals surface area (Å²) in [5, 5.41) is 4.96. The van der Waals surface area contributed by atoms with E-state index < -0.39 is 0 Å². The van der Waals surface area contributed by atoms with Crippen molar-refractivity contribution in [3.63, 3.8) is 0 Å². The number of pyridine rings is 2.